The van der Waals surface area contributed by atoms with E-state index < -0.39 is 17.6 Å². The fourth-order valence-corrected chi connectivity index (χ4v) is 1.55. The number of thioether (sulfide) groups is 1. The first kappa shape index (κ1) is 11.4. The van der Waals surface area contributed by atoms with Crippen molar-refractivity contribution in [2.45, 2.75) is 11.9 Å². The highest BCUT2D eigenvalue weighted by atomic mass is 32.2. The Hall–Kier alpha value is -0.710. The zero-order valence-electron chi connectivity index (χ0n) is 7.36. The maximum atomic E-state index is 13.0. The highest BCUT2D eigenvalue weighted by Crippen LogP contribution is 2.30. The van der Waals surface area contributed by atoms with Crippen molar-refractivity contribution in [1.29, 1.82) is 0 Å². The van der Waals surface area contributed by atoms with Crippen molar-refractivity contribution >= 4 is 11.8 Å². The van der Waals surface area contributed by atoms with E-state index in [0.29, 0.717) is 0 Å². The molecule has 0 aliphatic rings. The molecule has 0 aliphatic carbocycles. The number of benzene rings is 1. The van der Waals surface area contributed by atoms with Gasteiger partial charge in [-0.05, 0) is 30.0 Å². The number of hydrogen-bond acceptors (Lipinski definition) is 1. The fraction of sp³-hybridized carbons (Fsp3) is 0.333. The van der Waals surface area contributed by atoms with Crippen LogP contribution in [0, 0.1) is 5.82 Å². The van der Waals surface area contributed by atoms with E-state index in [4.69, 9.17) is 0 Å². The summed E-state index contributed by atoms with van der Waals surface area (Å²) in [6.45, 7) is 0. The quantitative estimate of drug-likeness (QED) is 0.690. The molecule has 1 rings (SSSR count). The van der Waals surface area contributed by atoms with Crippen molar-refractivity contribution in [3.8, 4) is 0 Å². The first-order valence-corrected chi connectivity index (χ1v) is 5.19. The average molecular weight is 224 g/mol. The predicted molar refractivity (Wildman–Crippen MR) is 48.6 cm³/mol. The molecule has 0 atom stereocenters. The summed E-state index contributed by atoms with van der Waals surface area (Å²) in [7, 11) is 0. The molecule has 0 amide bonds. The van der Waals surface area contributed by atoms with Gasteiger partial charge in [-0.1, -0.05) is 0 Å². The van der Waals surface area contributed by atoms with Gasteiger partial charge < -0.3 is 0 Å². The molecule has 0 saturated heterocycles. The van der Waals surface area contributed by atoms with Crippen LogP contribution >= 0.6 is 11.8 Å². The summed E-state index contributed by atoms with van der Waals surface area (Å²) in [6, 6.07) is 2.46. The van der Waals surface area contributed by atoms with Crippen LogP contribution in [0.25, 0.3) is 0 Å². The minimum absolute atomic E-state index is 0.0901. The number of hydrogen-bond donors (Lipinski definition) is 0. The zero-order valence-corrected chi connectivity index (χ0v) is 8.18. The lowest BCUT2D eigenvalue weighted by Crippen LogP contribution is -2.06. The predicted octanol–water partition coefficient (Wildman–Crippen LogP) is 3.71. The second kappa shape index (κ2) is 4.21. The summed E-state index contributed by atoms with van der Waals surface area (Å²) in [5.41, 5.74) is -0.713. The number of alkyl halides is 3. The van der Waals surface area contributed by atoms with Gasteiger partial charge >= 0.3 is 6.18 Å². The van der Waals surface area contributed by atoms with Crippen LogP contribution in [0.5, 0.6) is 0 Å². The normalized spacial score (nSPS) is 11.8. The topological polar surface area (TPSA) is 0 Å². The molecule has 78 valence electrons. The van der Waals surface area contributed by atoms with Gasteiger partial charge in [-0.15, -0.1) is 0 Å². The molecule has 1 aromatic rings. The highest BCUT2D eigenvalue weighted by molar-refractivity contribution is 7.97. The maximum absolute atomic E-state index is 13.0. The van der Waals surface area contributed by atoms with E-state index in [1.54, 1.807) is 6.26 Å². The Balaban J connectivity index is 3.06. The number of rotatable bonds is 2. The van der Waals surface area contributed by atoms with E-state index in [1.807, 2.05) is 0 Å². The Kier molecular flexibility index (Phi) is 3.42. The molecule has 0 fully saturated rings. The SMILES string of the molecule is CSCc1cc(C(F)(F)F)ccc1F. The van der Waals surface area contributed by atoms with Crippen molar-refractivity contribution in [3.63, 3.8) is 0 Å². The smallest absolute Gasteiger partial charge is 0.207 e. The Morgan fingerprint density at radius 1 is 1.29 bits per heavy atom. The summed E-state index contributed by atoms with van der Waals surface area (Å²) < 4.78 is 49.6. The van der Waals surface area contributed by atoms with Crippen LogP contribution < -0.4 is 0 Å². The molecule has 0 spiro atoms. The lowest BCUT2D eigenvalue weighted by molar-refractivity contribution is -0.137. The Bertz CT molecular complexity index is 319. The first-order chi connectivity index (χ1) is 6.45. The Labute approximate surface area is 83.3 Å². The summed E-state index contributed by atoms with van der Waals surface area (Å²) in [6.07, 6.45) is -2.69. The standard InChI is InChI=1S/C9H8F4S/c1-14-5-6-4-7(9(11,12)13)2-3-8(6)10/h2-4H,5H2,1H3. The summed E-state index contributed by atoms with van der Waals surface area (Å²) in [4.78, 5) is 0. The van der Waals surface area contributed by atoms with E-state index in [-0.39, 0.29) is 11.3 Å². The molecule has 0 nitrogen and oxygen atoms in total. The van der Waals surface area contributed by atoms with Crippen molar-refractivity contribution in [1.82, 2.24) is 0 Å². The van der Waals surface area contributed by atoms with Gasteiger partial charge in [-0.2, -0.15) is 24.9 Å². The fourth-order valence-electron chi connectivity index (χ4n) is 1.02. The average Bonchev–Trinajstić information content (AvgIpc) is 2.07. The minimum Gasteiger partial charge on any atom is -0.207 e. The van der Waals surface area contributed by atoms with Gasteiger partial charge in [-0.25, -0.2) is 4.39 Å². The second-order valence-corrected chi connectivity index (χ2v) is 3.60. The van der Waals surface area contributed by atoms with E-state index in [2.05, 4.69) is 0 Å². The molecule has 5 heteroatoms. The number of halogens is 4. The largest absolute Gasteiger partial charge is 0.416 e. The van der Waals surface area contributed by atoms with Crippen LogP contribution in [0.2, 0.25) is 0 Å². The van der Waals surface area contributed by atoms with Gasteiger partial charge in [0.1, 0.15) is 5.82 Å². The lowest BCUT2D eigenvalue weighted by atomic mass is 10.1. The minimum atomic E-state index is -4.40. The zero-order chi connectivity index (χ0) is 10.8. The molecular formula is C9H8F4S. The van der Waals surface area contributed by atoms with Gasteiger partial charge in [0, 0.05) is 5.75 Å². The summed E-state index contributed by atoms with van der Waals surface area (Å²) in [5.74, 6) is -0.345. The lowest BCUT2D eigenvalue weighted by Gasteiger charge is -2.08. The van der Waals surface area contributed by atoms with Crippen LogP contribution in [0.1, 0.15) is 11.1 Å². The third kappa shape index (κ3) is 2.64. The van der Waals surface area contributed by atoms with Crippen LogP contribution in [-0.4, -0.2) is 6.26 Å². The van der Waals surface area contributed by atoms with Crippen LogP contribution in [0.15, 0.2) is 18.2 Å². The molecule has 0 aromatic heterocycles. The molecule has 0 unspecified atom stereocenters. The second-order valence-electron chi connectivity index (χ2n) is 2.74. The van der Waals surface area contributed by atoms with Crippen molar-refractivity contribution in [2.24, 2.45) is 0 Å². The molecular weight excluding hydrogens is 216 g/mol. The van der Waals surface area contributed by atoms with Gasteiger partial charge in [0.05, 0.1) is 5.56 Å². The molecule has 14 heavy (non-hydrogen) atoms. The van der Waals surface area contributed by atoms with Gasteiger partial charge in [0.15, 0.2) is 0 Å². The highest BCUT2D eigenvalue weighted by Gasteiger charge is 2.30. The van der Waals surface area contributed by atoms with Gasteiger partial charge in [0.2, 0.25) is 0 Å². The van der Waals surface area contributed by atoms with Gasteiger partial charge in [0.25, 0.3) is 0 Å². The van der Waals surface area contributed by atoms with E-state index >= 15 is 0 Å². The maximum Gasteiger partial charge on any atom is 0.416 e. The van der Waals surface area contributed by atoms with Crippen LogP contribution in [0.3, 0.4) is 0 Å². The monoisotopic (exact) mass is 224 g/mol. The van der Waals surface area contributed by atoms with Crippen molar-refractivity contribution in [3.05, 3.63) is 35.1 Å². The van der Waals surface area contributed by atoms with E-state index in [1.165, 1.54) is 11.8 Å². The molecule has 0 bridgehead atoms. The summed E-state index contributed by atoms with van der Waals surface area (Å²) in [5, 5.41) is 0. The van der Waals surface area contributed by atoms with Crippen molar-refractivity contribution in [2.75, 3.05) is 6.26 Å². The third-order valence-electron chi connectivity index (χ3n) is 1.67. The van der Waals surface area contributed by atoms with Crippen molar-refractivity contribution < 1.29 is 17.6 Å². The molecule has 1 aromatic carbocycles. The molecule has 0 aliphatic heterocycles. The molecule has 0 saturated carbocycles. The van der Waals surface area contributed by atoms with Crippen LogP contribution in [-0.2, 0) is 11.9 Å². The van der Waals surface area contributed by atoms with E-state index in [0.717, 1.165) is 18.2 Å². The Morgan fingerprint density at radius 3 is 2.43 bits per heavy atom. The molecule has 0 heterocycles. The van der Waals surface area contributed by atoms with Crippen LogP contribution in [0.4, 0.5) is 17.6 Å². The van der Waals surface area contributed by atoms with Gasteiger partial charge in [-0.3, -0.25) is 0 Å². The molecule has 0 N–H and O–H groups in total. The first-order valence-electron chi connectivity index (χ1n) is 3.79. The van der Waals surface area contributed by atoms with E-state index in [9.17, 15) is 17.6 Å². The summed E-state index contributed by atoms with van der Waals surface area (Å²) >= 11 is 1.28. The molecule has 0 radical (unpaired) electrons. The Morgan fingerprint density at radius 2 is 1.93 bits per heavy atom. The third-order valence-corrected chi connectivity index (χ3v) is 2.27.